The lowest BCUT2D eigenvalue weighted by molar-refractivity contribution is 0.145. The fourth-order valence-electron chi connectivity index (χ4n) is 5.52. The number of hydrogen-bond donors (Lipinski definition) is 1. The molecule has 1 amide bonds. The van der Waals surface area contributed by atoms with Crippen LogP contribution in [0.15, 0.2) is 54.6 Å². The number of aromatic nitrogens is 2. The van der Waals surface area contributed by atoms with Crippen molar-refractivity contribution in [2.24, 2.45) is 0 Å². The summed E-state index contributed by atoms with van der Waals surface area (Å²) in [5, 5.41) is 3.08. The summed E-state index contributed by atoms with van der Waals surface area (Å²) in [4.78, 5) is 28.6. The Kier molecular flexibility index (Phi) is 11.5. The van der Waals surface area contributed by atoms with Crippen LogP contribution in [-0.2, 0) is 0 Å². The lowest BCUT2D eigenvalue weighted by Crippen LogP contribution is -2.44. The summed E-state index contributed by atoms with van der Waals surface area (Å²) in [5.74, 6) is 0.846. The number of nitrogens with one attached hydrogen (secondary N) is 1. The number of ether oxygens (including phenoxy) is 4. The zero-order valence-corrected chi connectivity index (χ0v) is 29.3. The van der Waals surface area contributed by atoms with Gasteiger partial charge in [-0.2, -0.15) is 4.98 Å². The van der Waals surface area contributed by atoms with Crippen LogP contribution in [0, 0.1) is 26.6 Å². The average molecular weight is 673 g/mol. The number of rotatable bonds is 12. The Labute approximate surface area is 287 Å². The average Bonchev–Trinajstić information content (AvgIpc) is 3.09. The van der Waals surface area contributed by atoms with E-state index in [1.807, 2.05) is 32.9 Å². The zero-order valence-electron chi connectivity index (χ0n) is 29.3. The van der Waals surface area contributed by atoms with Gasteiger partial charge in [-0.1, -0.05) is 12.1 Å². The molecule has 3 aromatic carbocycles. The van der Waals surface area contributed by atoms with Crippen LogP contribution in [0.25, 0.3) is 11.3 Å². The van der Waals surface area contributed by atoms with Gasteiger partial charge in [0.1, 0.15) is 11.5 Å². The van der Waals surface area contributed by atoms with Gasteiger partial charge in [0.05, 0.1) is 32.2 Å². The van der Waals surface area contributed by atoms with Gasteiger partial charge >= 0.3 is 6.09 Å². The standard InChI is InChI=1S/C37H45FN6O5/c1-24-9-11-31(26(3)25(24)2)33-23-35(49-37(45)43(5)28-20-29(46-6)22-30(21-28)47-7)41-36(40-33)39-27-10-12-34(32(38)19-27)48-18-8-13-44-16-14-42(4)15-17-44/h9-12,19-23H,8,13-18H2,1-7H3,(H,39,40,41). The molecule has 1 fully saturated rings. The van der Waals surface area contributed by atoms with E-state index in [9.17, 15) is 4.79 Å². The fraction of sp³-hybridized carbons (Fsp3) is 0.378. The molecule has 1 N–H and O–H groups in total. The molecule has 12 heteroatoms. The molecule has 0 saturated carbocycles. The number of likely N-dealkylation sites (N-methyl/N-ethyl adjacent to an activating group) is 1. The van der Waals surface area contributed by atoms with Crippen LogP contribution in [0.2, 0.25) is 0 Å². The summed E-state index contributed by atoms with van der Waals surface area (Å²) < 4.78 is 37.4. The number of anilines is 3. The summed E-state index contributed by atoms with van der Waals surface area (Å²) in [5.41, 5.74) is 5.59. The molecule has 0 spiro atoms. The lowest BCUT2D eigenvalue weighted by atomic mass is 9.97. The molecule has 2 heterocycles. The second-order valence-electron chi connectivity index (χ2n) is 12.2. The van der Waals surface area contributed by atoms with Gasteiger partial charge in [0.15, 0.2) is 11.6 Å². The quantitative estimate of drug-likeness (QED) is 0.165. The summed E-state index contributed by atoms with van der Waals surface area (Å²) in [6.07, 6.45) is 0.117. The highest BCUT2D eigenvalue weighted by Gasteiger charge is 2.20. The summed E-state index contributed by atoms with van der Waals surface area (Å²) >= 11 is 0. The second kappa shape index (κ2) is 16.0. The highest BCUT2D eigenvalue weighted by atomic mass is 19.1. The number of hydrogen-bond acceptors (Lipinski definition) is 10. The Morgan fingerprint density at radius 2 is 1.63 bits per heavy atom. The molecule has 260 valence electrons. The molecule has 4 aromatic rings. The van der Waals surface area contributed by atoms with Crippen LogP contribution >= 0.6 is 0 Å². The molecule has 0 atom stereocenters. The number of benzene rings is 3. The van der Waals surface area contributed by atoms with Crippen LogP contribution in [0.3, 0.4) is 0 Å². The lowest BCUT2D eigenvalue weighted by Gasteiger charge is -2.32. The molecular formula is C37H45FN6O5. The first-order valence-electron chi connectivity index (χ1n) is 16.3. The molecule has 5 rings (SSSR count). The molecule has 0 unspecified atom stereocenters. The Morgan fingerprint density at radius 3 is 2.31 bits per heavy atom. The first-order valence-corrected chi connectivity index (χ1v) is 16.3. The van der Waals surface area contributed by atoms with Crippen molar-refractivity contribution >= 4 is 23.4 Å². The van der Waals surface area contributed by atoms with Crippen molar-refractivity contribution in [2.75, 3.05) is 77.9 Å². The maximum absolute atomic E-state index is 15.2. The molecule has 1 saturated heterocycles. The molecule has 1 aromatic heterocycles. The number of methoxy groups -OCH3 is 2. The number of aryl methyl sites for hydroxylation is 1. The normalized spacial score (nSPS) is 13.6. The highest BCUT2D eigenvalue weighted by molar-refractivity contribution is 5.89. The number of halogens is 1. The zero-order chi connectivity index (χ0) is 35.1. The molecule has 0 aliphatic carbocycles. The smallest absolute Gasteiger partial charge is 0.420 e. The molecule has 1 aliphatic heterocycles. The predicted molar refractivity (Wildman–Crippen MR) is 189 cm³/mol. The molecule has 0 radical (unpaired) electrons. The molecule has 11 nitrogen and oxygen atoms in total. The van der Waals surface area contributed by atoms with Gasteiger partial charge in [0, 0.05) is 81.4 Å². The molecule has 49 heavy (non-hydrogen) atoms. The van der Waals surface area contributed by atoms with Gasteiger partial charge in [-0.25, -0.2) is 14.2 Å². The van der Waals surface area contributed by atoms with Crippen molar-refractivity contribution < 1.29 is 28.1 Å². The van der Waals surface area contributed by atoms with E-state index in [0.717, 1.165) is 61.4 Å². The summed E-state index contributed by atoms with van der Waals surface area (Å²) in [7, 11) is 6.77. The fourth-order valence-corrected chi connectivity index (χ4v) is 5.52. The van der Waals surface area contributed by atoms with Crippen molar-refractivity contribution in [1.82, 2.24) is 19.8 Å². The molecular weight excluding hydrogens is 627 g/mol. The van der Waals surface area contributed by atoms with E-state index in [0.29, 0.717) is 35.2 Å². The van der Waals surface area contributed by atoms with Crippen LogP contribution < -0.4 is 29.2 Å². The van der Waals surface area contributed by atoms with E-state index >= 15 is 4.39 Å². The highest BCUT2D eigenvalue weighted by Crippen LogP contribution is 2.32. The Morgan fingerprint density at radius 1 is 0.918 bits per heavy atom. The maximum Gasteiger partial charge on any atom is 0.420 e. The minimum absolute atomic E-state index is 0.0117. The van der Waals surface area contributed by atoms with E-state index < -0.39 is 11.9 Å². The van der Waals surface area contributed by atoms with Crippen molar-refractivity contribution in [2.45, 2.75) is 27.2 Å². The van der Waals surface area contributed by atoms with Crippen LogP contribution in [-0.4, -0.2) is 93.5 Å². The van der Waals surface area contributed by atoms with Crippen LogP contribution in [0.1, 0.15) is 23.1 Å². The van der Waals surface area contributed by atoms with Crippen molar-refractivity contribution in [3.63, 3.8) is 0 Å². The third-order valence-electron chi connectivity index (χ3n) is 8.89. The van der Waals surface area contributed by atoms with Crippen molar-refractivity contribution in [3.05, 3.63) is 77.1 Å². The van der Waals surface area contributed by atoms with Crippen LogP contribution in [0.4, 0.5) is 26.5 Å². The minimum Gasteiger partial charge on any atom is -0.497 e. The molecule has 0 bridgehead atoms. The SMILES string of the molecule is COc1cc(OC)cc(N(C)C(=O)Oc2cc(-c3ccc(C)c(C)c3C)nc(Nc3ccc(OCCCN4CCN(C)CC4)c(F)c3)n2)c1. The van der Waals surface area contributed by atoms with Gasteiger partial charge in [-0.3, -0.25) is 4.90 Å². The topological polar surface area (TPSA) is 102 Å². The first-order chi connectivity index (χ1) is 23.5. The minimum atomic E-state index is -0.692. The Bertz CT molecular complexity index is 1760. The van der Waals surface area contributed by atoms with E-state index in [-0.39, 0.29) is 17.6 Å². The third-order valence-corrected chi connectivity index (χ3v) is 8.89. The van der Waals surface area contributed by atoms with E-state index in [2.05, 4.69) is 27.1 Å². The van der Waals surface area contributed by atoms with Crippen LogP contribution in [0.5, 0.6) is 23.1 Å². The number of amides is 1. The third kappa shape index (κ3) is 8.95. The Balaban J connectivity index is 1.34. The van der Waals surface area contributed by atoms with E-state index in [4.69, 9.17) is 23.9 Å². The second-order valence-corrected chi connectivity index (χ2v) is 12.2. The van der Waals surface area contributed by atoms with Gasteiger partial charge in [0.25, 0.3) is 0 Å². The summed E-state index contributed by atoms with van der Waals surface area (Å²) in [6, 6.07) is 15.3. The monoisotopic (exact) mass is 672 g/mol. The maximum atomic E-state index is 15.2. The summed E-state index contributed by atoms with van der Waals surface area (Å²) in [6.45, 7) is 11.6. The van der Waals surface area contributed by atoms with Crippen molar-refractivity contribution in [1.29, 1.82) is 0 Å². The first kappa shape index (κ1) is 35.4. The van der Waals surface area contributed by atoms with E-state index in [1.54, 1.807) is 43.4 Å². The van der Waals surface area contributed by atoms with Gasteiger partial charge in [-0.05, 0) is 63.1 Å². The largest absolute Gasteiger partial charge is 0.497 e. The van der Waals surface area contributed by atoms with E-state index in [1.165, 1.54) is 25.2 Å². The van der Waals surface area contributed by atoms with Gasteiger partial charge < -0.3 is 34.1 Å². The van der Waals surface area contributed by atoms with Gasteiger partial charge in [-0.15, -0.1) is 0 Å². The number of nitrogens with zero attached hydrogens (tertiary/aromatic N) is 5. The predicted octanol–water partition coefficient (Wildman–Crippen LogP) is 6.62. The number of carbonyl (C=O) groups excluding carboxylic acids is 1. The number of piperazine rings is 1. The number of carbonyl (C=O) groups is 1. The molecule has 1 aliphatic rings. The van der Waals surface area contributed by atoms with Crippen molar-refractivity contribution in [3.8, 4) is 34.4 Å². The Hall–Kier alpha value is -4.94. The van der Waals surface area contributed by atoms with Gasteiger partial charge in [0.2, 0.25) is 11.8 Å².